The number of nitrogens with zero attached hydrogens (tertiary/aromatic N) is 1. The monoisotopic (exact) mass is 349 g/mol. The average Bonchev–Trinajstić information content (AvgIpc) is 2.60. The molecule has 0 atom stereocenters. The van der Waals surface area contributed by atoms with Crippen LogP contribution in [0.15, 0.2) is 23.8 Å². The number of carbonyl (C=O) groups is 2. The lowest BCUT2D eigenvalue weighted by Crippen LogP contribution is -2.42. The van der Waals surface area contributed by atoms with Gasteiger partial charge in [0.25, 0.3) is 5.91 Å². The van der Waals surface area contributed by atoms with E-state index >= 15 is 0 Å². The second-order valence-corrected chi connectivity index (χ2v) is 6.40. The summed E-state index contributed by atoms with van der Waals surface area (Å²) in [7, 11) is 0. The molecule has 0 N–H and O–H groups in total. The third-order valence-corrected chi connectivity index (χ3v) is 4.60. The van der Waals surface area contributed by atoms with Gasteiger partial charge in [-0.2, -0.15) is 0 Å². The minimum Gasteiger partial charge on any atom is -0.488 e. The molecular formula is C18H20ClNO4. The maximum Gasteiger partial charge on any atom is 0.309 e. The normalized spacial score (nSPS) is 17.6. The van der Waals surface area contributed by atoms with Crippen molar-refractivity contribution in [3.05, 3.63) is 34.4 Å². The number of ether oxygens (including phenoxy) is 2. The number of piperidine rings is 1. The van der Waals surface area contributed by atoms with Crippen LogP contribution in [0.5, 0.6) is 5.75 Å². The van der Waals surface area contributed by atoms with Crippen LogP contribution in [0, 0.1) is 5.92 Å². The van der Waals surface area contributed by atoms with Gasteiger partial charge in [0.05, 0.1) is 18.1 Å². The Balaban J connectivity index is 1.65. The van der Waals surface area contributed by atoms with E-state index in [1.807, 2.05) is 6.08 Å². The van der Waals surface area contributed by atoms with Crippen LogP contribution in [0.4, 0.5) is 0 Å². The van der Waals surface area contributed by atoms with Crippen molar-refractivity contribution in [1.82, 2.24) is 4.90 Å². The topological polar surface area (TPSA) is 55.8 Å². The van der Waals surface area contributed by atoms with Crippen molar-refractivity contribution in [3.63, 3.8) is 0 Å². The van der Waals surface area contributed by atoms with E-state index in [9.17, 15) is 9.59 Å². The summed E-state index contributed by atoms with van der Waals surface area (Å²) in [5.41, 5.74) is 1.43. The van der Waals surface area contributed by atoms with Gasteiger partial charge >= 0.3 is 5.97 Å². The summed E-state index contributed by atoms with van der Waals surface area (Å²) in [5, 5.41) is 0.609. The quantitative estimate of drug-likeness (QED) is 0.787. The number of hydrogen-bond acceptors (Lipinski definition) is 4. The van der Waals surface area contributed by atoms with Crippen molar-refractivity contribution in [1.29, 1.82) is 0 Å². The first-order valence-corrected chi connectivity index (χ1v) is 8.55. The number of amides is 1. The summed E-state index contributed by atoms with van der Waals surface area (Å²) in [6.45, 7) is 3.57. The van der Waals surface area contributed by atoms with E-state index in [1.54, 1.807) is 30.0 Å². The highest BCUT2D eigenvalue weighted by molar-refractivity contribution is 6.30. The molecule has 2 aliphatic heterocycles. The smallest absolute Gasteiger partial charge is 0.309 e. The van der Waals surface area contributed by atoms with Crippen molar-refractivity contribution in [2.24, 2.45) is 5.92 Å². The molecule has 1 fully saturated rings. The summed E-state index contributed by atoms with van der Waals surface area (Å²) in [4.78, 5) is 26.2. The maximum absolute atomic E-state index is 12.7. The van der Waals surface area contributed by atoms with Crippen LogP contribution in [0.2, 0.25) is 5.02 Å². The molecule has 0 saturated carbocycles. The van der Waals surface area contributed by atoms with Crippen LogP contribution in [-0.4, -0.2) is 43.1 Å². The molecule has 1 amide bonds. The highest BCUT2D eigenvalue weighted by Crippen LogP contribution is 2.30. The number of fused-ring (bicyclic) bond motifs is 1. The lowest BCUT2D eigenvalue weighted by Gasteiger charge is -2.32. The van der Waals surface area contributed by atoms with E-state index in [1.165, 1.54) is 0 Å². The van der Waals surface area contributed by atoms with Crippen molar-refractivity contribution >= 4 is 29.6 Å². The minimum atomic E-state index is -0.159. The van der Waals surface area contributed by atoms with E-state index < -0.39 is 0 Å². The SMILES string of the molecule is CCOC(=O)C1CCN(C(=O)C2=Cc3cc(Cl)ccc3OC2)CC1. The highest BCUT2D eigenvalue weighted by atomic mass is 35.5. The fourth-order valence-electron chi connectivity index (χ4n) is 3.05. The van der Waals surface area contributed by atoms with Gasteiger partial charge in [0, 0.05) is 23.7 Å². The number of esters is 1. The number of carbonyl (C=O) groups excluding carboxylic acids is 2. The first-order chi connectivity index (χ1) is 11.6. The van der Waals surface area contributed by atoms with Gasteiger partial charge in [-0.1, -0.05) is 11.6 Å². The Hall–Kier alpha value is -2.01. The third-order valence-electron chi connectivity index (χ3n) is 4.36. The van der Waals surface area contributed by atoms with Crippen molar-refractivity contribution in [2.75, 3.05) is 26.3 Å². The molecule has 1 saturated heterocycles. The number of halogens is 1. The van der Waals surface area contributed by atoms with Gasteiger partial charge in [-0.05, 0) is 44.0 Å². The fraction of sp³-hybridized carbons (Fsp3) is 0.444. The number of benzene rings is 1. The molecular weight excluding hydrogens is 330 g/mol. The van der Waals surface area contributed by atoms with Gasteiger partial charge in [-0.25, -0.2) is 0 Å². The Bertz CT molecular complexity index is 678. The molecule has 1 aromatic rings. The molecule has 24 heavy (non-hydrogen) atoms. The molecule has 0 aromatic heterocycles. The average molecular weight is 350 g/mol. The van der Waals surface area contributed by atoms with Gasteiger partial charge in [-0.3, -0.25) is 9.59 Å². The third kappa shape index (κ3) is 3.56. The lowest BCUT2D eigenvalue weighted by molar-refractivity contribution is -0.150. The summed E-state index contributed by atoms with van der Waals surface area (Å²) in [5.74, 6) is 0.429. The largest absolute Gasteiger partial charge is 0.488 e. The molecule has 0 spiro atoms. The zero-order chi connectivity index (χ0) is 17.1. The minimum absolute atomic E-state index is 0.0389. The van der Waals surface area contributed by atoms with Crippen LogP contribution in [0.3, 0.4) is 0 Å². The molecule has 0 radical (unpaired) electrons. The van der Waals surface area contributed by atoms with E-state index in [4.69, 9.17) is 21.1 Å². The highest BCUT2D eigenvalue weighted by Gasteiger charge is 2.30. The first kappa shape index (κ1) is 16.8. The van der Waals surface area contributed by atoms with Gasteiger partial charge in [0.15, 0.2) is 0 Å². The summed E-state index contributed by atoms with van der Waals surface area (Å²) < 4.78 is 10.7. The second kappa shape index (κ2) is 7.26. The van der Waals surface area contributed by atoms with Crippen molar-refractivity contribution in [2.45, 2.75) is 19.8 Å². The fourth-order valence-corrected chi connectivity index (χ4v) is 3.23. The van der Waals surface area contributed by atoms with Gasteiger partial charge in [0.1, 0.15) is 12.4 Å². The molecule has 0 bridgehead atoms. The predicted octanol–water partition coefficient (Wildman–Crippen LogP) is 2.92. The molecule has 128 valence electrons. The Kier molecular flexibility index (Phi) is 5.09. The van der Waals surface area contributed by atoms with Crippen LogP contribution < -0.4 is 4.74 Å². The summed E-state index contributed by atoms with van der Waals surface area (Å²) in [6.07, 6.45) is 3.12. The van der Waals surface area contributed by atoms with E-state index in [0.717, 1.165) is 11.3 Å². The number of rotatable bonds is 3. The van der Waals surface area contributed by atoms with Gasteiger partial charge in [0.2, 0.25) is 0 Å². The Morgan fingerprint density at radius 2 is 2.08 bits per heavy atom. The van der Waals surface area contributed by atoms with Crippen molar-refractivity contribution in [3.8, 4) is 5.75 Å². The zero-order valence-corrected chi connectivity index (χ0v) is 14.3. The molecule has 0 aliphatic carbocycles. The second-order valence-electron chi connectivity index (χ2n) is 5.96. The van der Waals surface area contributed by atoms with E-state index in [2.05, 4.69) is 0 Å². The van der Waals surface area contributed by atoms with Crippen LogP contribution in [0.1, 0.15) is 25.3 Å². The molecule has 3 rings (SSSR count). The van der Waals surface area contributed by atoms with E-state index in [0.29, 0.717) is 43.1 Å². The lowest BCUT2D eigenvalue weighted by atomic mass is 9.96. The standard InChI is InChI=1S/C18H20ClNO4/c1-2-23-18(22)12-5-7-20(8-6-12)17(21)14-9-13-10-15(19)3-4-16(13)24-11-14/h3-4,9-10,12H,2,5-8,11H2,1H3. The van der Waals surface area contributed by atoms with Gasteiger partial charge < -0.3 is 14.4 Å². The Morgan fingerprint density at radius 3 is 2.79 bits per heavy atom. The van der Waals surface area contributed by atoms with Crippen molar-refractivity contribution < 1.29 is 19.1 Å². The molecule has 2 heterocycles. The molecule has 6 heteroatoms. The molecule has 2 aliphatic rings. The maximum atomic E-state index is 12.7. The van der Waals surface area contributed by atoms with Crippen LogP contribution >= 0.6 is 11.6 Å². The Morgan fingerprint density at radius 1 is 1.33 bits per heavy atom. The van der Waals surface area contributed by atoms with E-state index in [-0.39, 0.29) is 24.4 Å². The molecule has 5 nitrogen and oxygen atoms in total. The molecule has 0 unspecified atom stereocenters. The first-order valence-electron chi connectivity index (χ1n) is 8.17. The summed E-state index contributed by atoms with van der Waals surface area (Å²) >= 11 is 6.00. The summed E-state index contributed by atoms with van der Waals surface area (Å²) in [6, 6.07) is 5.36. The van der Waals surface area contributed by atoms with Crippen LogP contribution in [-0.2, 0) is 14.3 Å². The predicted molar refractivity (Wildman–Crippen MR) is 90.9 cm³/mol. The molecule has 1 aromatic carbocycles. The Labute approximate surface area is 146 Å². The zero-order valence-electron chi connectivity index (χ0n) is 13.6. The number of likely N-dealkylation sites (tertiary alicyclic amines) is 1. The number of hydrogen-bond donors (Lipinski definition) is 0. The van der Waals surface area contributed by atoms with Crippen LogP contribution in [0.25, 0.3) is 6.08 Å². The van der Waals surface area contributed by atoms with Gasteiger partial charge in [-0.15, -0.1) is 0 Å².